The summed E-state index contributed by atoms with van der Waals surface area (Å²) in [6.45, 7) is 4.06. The molecular formula is C30H36BrClN4O9. The summed E-state index contributed by atoms with van der Waals surface area (Å²) in [4.78, 5) is 58.7. The number of benzene rings is 2. The molecule has 15 heteroatoms. The quantitative estimate of drug-likeness (QED) is 0.0571. The van der Waals surface area contributed by atoms with Crippen molar-refractivity contribution in [2.24, 2.45) is 5.73 Å². The number of aromatic nitrogens is 1. The van der Waals surface area contributed by atoms with Crippen molar-refractivity contribution in [3.05, 3.63) is 76.9 Å². The molecule has 0 amide bonds. The van der Waals surface area contributed by atoms with Gasteiger partial charge in [-0.3, -0.25) is 15.0 Å². The van der Waals surface area contributed by atoms with Crippen molar-refractivity contribution in [1.82, 2.24) is 4.98 Å². The van der Waals surface area contributed by atoms with E-state index in [2.05, 4.69) is 35.1 Å². The van der Waals surface area contributed by atoms with Crippen molar-refractivity contribution in [3.63, 3.8) is 0 Å². The van der Waals surface area contributed by atoms with Gasteiger partial charge in [-0.05, 0) is 49.7 Å². The molecule has 0 radical (unpaired) electrons. The van der Waals surface area contributed by atoms with Crippen molar-refractivity contribution < 1.29 is 42.9 Å². The largest absolute Gasteiger partial charge is 0.466 e. The predicted molar refractivity (Wildman–Crippen MR) is 174 cm³/mol. The van der Waals surface area contributed by atoms with Gasteiger partial charge >= 0.3 is 23.9 Å². The number of halogens is 2. The smallest absolute Gasteiger partial charge is 0.341 e. The molecule has 0 aliphatic carbocycles. The lowest BCUT2D eigenvalue weighted by atomic mass is 10.1. The number of Topliss-reactive ketones (excluding diaryl/α,β-unsaturated/α-hetero) is 1. The normalized spacial score (nSPS) is 9.44. The molecule has 0 fully saturated rings. The molecule has 45 heavy (non-hydrogen) atoms. The lowest BCUT2D eigenvalue weighted by molar-refractivity contribution is -0.141. The van der Waals surface area contributed by atoms with E-state index in [-0.39, 0.29) is 48.2 Å². The second-order valence-corrected chi connectivity index (χ2v) is 8.99. The zero-order chi connectivity index (χ0) is 33.2. The lowest BCUT2D eigenvalue weighted by Gasteiger charge is -2.01. The Balaban J connectivity index is 0.000000700. The third-order valence-electron chi connectivity index (χ3n) is 5.35. The van der Waals surface area contributed by atoms with Gasteiger partial charge < -0.3 is 35.4 Å². The van der Waals surface area contributed by atoms with E-state index >= 15 is 0 Å². The number of carbonyl (C=O) groups is 5. The van der Waals surface area contributed by atoms with Gasteiger partial charge in [-0.15, -0.1) is 12.4 Å². The number of nitrogens with one attached hydrogen (secondary N) is 2. The molecule has 0 unspecified atom stereocenters. The van der Waals surface area contributed by atoms with Crippen LogP contribution in [0.15, 0.2) is 54.6 Å². The van der Waals surface area contributed by atoms with E-state index in [1.165, 1.54) is 14.2 Å². The van der Waals surface area contributed by atoms with Crippen LogP contribution in [0.3, 0.4) is 0 Å². The second kappa shape index (κ2) is 21.1. The summed E-state index contributed by atoms with van der Waals surface area (Å²) < 4.78 is 18.6. The highest BCUT2D eigenvalue weighted by atomic mass is 79.9. The zero-order valence-corrected chi connectivity index (χ0v) is 27.5. The Labute approximate surface area is 275 Å². The number of rotatable bonds is 10. The minimum atomic E-state index is -0.469. The standard InChI is InChI=1S/C15H16N2O4.C10H9BrO3.C5H10N2O2.ClH/c1-3-21-15(19)11-8-12(17-13(11)16)9-4-6-10(7-5-9)14(18)20-2;1-14-10(13)8-4-2-7(3-5-8)9(12)6-11;1-2-9-5(8)3-4(6)7;/h4-8,17H,3,16H2,1-2H3;2-5H,6H2,1H3;2-3H2,1H3,(H3,6,7);1H. The van der Waals surface area contributed by atoms with Gasteiger partial charge in [0, 0.05) is 11.3 Å². The summed E-state index contributed by atoms with van der Waals surface area (Å²) in [6.07, 6.45) is -0.103. The Hall–Kier alpha value is -4.69. The van der Waals surface area contributed by atoms with Crippen molar-refractivity contribution in [2.75, 3.05) is 38.5 Å². The summed E-state index contributed by atoms with van der Waals surface area (Å²) in [7, 11) is 2.65. The number of esters is 4. The fourth-order valence-electron chi connectivity index (χ4n) is 3.26. The number of hydrogen-bond donors (Lipinski definition) is 4. The maximum atomic E-state index is 11.7. The molecule has 2 aromatic carbocycles. The van der Waals surface area contributed by atoms with Crippen molar-refractivity contribution in [1.29, 1.82) is 5.41 Å². The molecular weight excluding hydrogens is 676 g/mol. The van der Waals surface area contributed by atoms with E-state index in [0.29, 0.717) is 34.6 Å². The molecule has 0 aliphatic heterocycles. The number of anilines is 1. The number of aromatic amines is 1. The molecule has 0 bridgehead atoms. The summed E-state index contributed by atoms with van der Waals surface area (Å²) in [5.74, 6) is -1.63. The molecule has 244 valence electrons. The number of hydrogen-bond acceptors (Lipinski definition) is 11. The van der Waals surface area contributed by atoms with Crippen molar-refractivity contribution in [3.8, 4) is 11.3 Å². The topological polar surface area (TPSA) is 214 Å². The molecule has 1 aromatic heterocycles. The van der Waals surface area contributed by atoms with Crippen molar-refractivity contribution >= 4 is 69.7 Å². The van der Waals surface area contributed by atoms with Gasteiger partial charge in [-0.25, -0.2) is 14.4 Å². The van der Waals surface area contributed by atoms with E-state index in [4.69, 9.17) is 21.6 Å². The molecule has 0 atom stereocenters. The van der Waals surface area contributed by atoms with Crippen LogP contribution in [0, 0.1) is 5.41 Å². The Morgan fingerprint density at radius 2 is 1.27 bits per heavy atom. The minimum absolute atomic E-state index is 0. The monoisotopic (exact) mass is 710 g/mol. The average molecular weight is 712 g/mol. The molecule has 0 saturated heterocycles. The molecule has 0 saturated carbocycles. The van der Waals surface area contributed by atoms with E-state index in [1.54, 1.807) is 68.4 Å². The number of H-pyrrole nitrogens is 1. The number of nitrogens with two attached hydrogens (primary N) is 2. The molecule has 3 aromatic rings. The van der Waals surface area contributed by atoms with E-state index in [1.807, 2.05) is 0 Å². The van der Waals surface area contributed by atoms with Gasteiger partial charge in [0.2, 0.25) is 0 Å². The lowest BCUT2D eigenvalue weighted by Crippen LogP contribution is -2.17. The van der Waals surface area contributed by atoms with Crippen LogP contribution in [-0.2, 0) is 23.7 Å². The van der Waals surface area contributed by atoms with Gasteiger partial charge in [-0.2, -0.15) is 0 Å². The maximum Gasteiger partial charge on any atom is 0.341 e. The Bertz CT molecular complexity index is 1410. The molecule has 6 N–H and O–H groups in total. The van der Waals surface area contributed by atoms with Crippen molar-refractivity contribution in [2.45, 2.75) is 20.3 Å². The van der Waals surface area contributed by atoms with Crippen LogP contribution in [-0.4, -0.2) is 73.2 Å². The number of ether oxygens (including phenoxy) is 4. The maximum absolute atomic E-state index is 11.7. The van der Waals surface area contributed by atoms with Gasteiger partial charge in [0.15, 0.2) is 5.78 Å². The van der Waals surface area contributed by atoms with E-state index < -0.39 is 23.9 Å². The SMILES string of the molecule is CCOC(=O)CC(=N)N.CCOC(=O)c1cc(-c2ccc(C(=O)OC)cc2)[nH]c1N.COC(=O)c1ccc(C(=O)CBr)cc1.Cl. The Kier molecular flexibility index (Phi) is 18.9. The molecule has 0 spiro atoms. The van der Waals surface area contributed by atoms with Crippen LogP contribution in [0.25, 0.3) is 11.3 Å². The molecule has 0 aliphatic rings. The van der Waals surface area contributed by atoms with E-state index in [9.17, 15) is 24.0 Å². The molecule has 3 rings (SSSR count). The first-order valence-electron chi connectivity index (χ1n) is 13.0. The molecule has 1 heterocycles. The highest BCUT2D eigenvalue weighted by Gasteiger charge is 2.16. The third kappa shape index (κ3) is 13.7. The first kappa shape index (κ1) is 40.3. The number of ketones is 1. The number of alkyl halides is 1. The van der Waals surface area contributed by atoms with Crippen LogP contribution in [0.5, 0.6) is 0 Å². The predicted octanol–water partition coefficient (Wildman–Crippen LogP) is 4.58. The van der Waals surface area contributed by atoms with Crippen LogP contribution in [0.2, 0.25) is 0 Å². The highest BCUT2D eigenvalue weighted by molar-refractivity contribution is 9.09. The van der Waals surface area contributed by atoms with Crippen LogP contribution in [0.1, 0.15) is 61.7 Å². The average Bonchev–Trinajstić information content (AvgIpc) is 3.42. The molecule has 13 nitrogen and oxygen atoms in total. The first-order valence-corrected chi connectivity index (χ1v) is 14.1. The van der Waals surface area contributed by atoms with Crippen LogP contribution < -0.4 is 11.5 Å². The van der Waals surface area contributed by atoms with Crippen LogP contribution >= 0.6 is 28.3 Å². The number of amidine groups is 1. The Morgan fingerprint density at radius 3 is 1.69 bits per heavy atom. The minimum Gasteiger partial charge on any atom is -0.466 e. The first-order chi connectivity index (χ1) is 20.9. The summed E-state index contributed by atoms with van der Waals surface area (Å²) in [6, 6.07) is 14.7. The summed E-state index contributed by atoms with van der Waals surface area (Å²) in [5.41, 5.74) is 13.9. The van der Waals surface area contributed by atoms with Crippen LogP contribution in [0.4, 0.5) is 5.82 Å². The van der Waals surface area contributed by atoms with Gasteiger partial charge in [-0.1, -0.05) is 40.2 Å². The zero-order valence-electron chi connectivity index (χ0n) is 25.1. The van der Waals surface area contributed by atoms with Gasteiger partial charge in [0.25, 0.3) is 0 Å². The number of carbonyl (C=O) groups excluding carboxylic acids is 5. The summed E-state index contributed by atoms with van der Waals surface area (Å²) >= 11 is 3.07. The van der Waals surface area contributed by atoms with Gasteiger partial charge in [0.05, 0.1) is 43.9 Å². The summed E-state index contributed by atoms with van der Waals surface area (Å²) in [5, 5.41) is 6.96. The highest BCUT2D eigenvalue weighted by Crippen LogP contribution is 2.24. The fraction of sp³-hybridized carbons (Fsp3) is 0.267. The third-order valence-corrected chi connectivity index (χ3v) is 5.86. The second-order valence-electron chi connectivity index (χ2n) is 8.43. The van der Waals surface area contributed by atoms with E-state index in [0.717, 1.165) is 5.56 Å². The Morgan fingerprint density at radius 1 is 0.800 bits per heavy atom. The number of methoxy groups -OCH3 is 2. The fourth-order valence-corrected chi connectivity index (χ4v) is 3.59. The van der Waals surface area contributed by atoms with Gasteiger partial charge in [0.1, 0.15) is 23.6 Å². The number of nitrogen functional groups attached to an aromatic ring is 1.